The molecule has 0 aromatic heterocycles. The summed E-state index contributed by atoms with van der Waals surface area (Å²) >= 11 is 0. The molecule has 1 aromatic rings. The van der Waals surface area contributed by atoms with E-state index in [1.54, 1.807) is 24.3 Å². The van der Waals surface area contributed by atoms with E-state index in [0.717, 1.165) is 0 Å². The lowest BCUT2D eigenvalue weighted by atomic mass is 9.68. The molecular weight excluding hydrogens is 260 g/mol. The molecule has 0 radical (unpaired) electrons. The normalized spacial score (nSPS) is 32.7. The summed E-state index contributed by atoms with van der Waals surface area (Å²) in [6.45, 7) is 6.86. The molecule has 3 nitrogen and oxygen atoms in total. The van der Waals surface area contributed by atoms with Gasteiger partial charge in [0, 0.05) is 11.6 Å². The molecule has 0 heterocycles. The molecule has 2 saturated carbocycles. The van der Waals surface area contributed by atoms with Crippen LogP contribution in [0.15, 0.2) is 24.3 Å². The Morgan fingerprint density at radius 1 is 1.38 bits per heavy atom. The van der Waals surface area contributed by atoms with E-state index < -0.39 is 0 Å². The van der Waals surface area contributed by atoms with Crippen molar-refractivity contribution >= 4 is 5.91 Å². The third-order valence-electron chi connectivity index (χ3n) is 5.80. The molecule has 3 unspecified atom stereocenters. The van der Waals surface area contributed by atoms with Gasteiger partial charge in [-0.15, -0.1) is 0 Å². The zero-order chi connectivity index (χ0) is 15.3. The molecule has 1 aromatic carbocycles. The van der Waals surface area contributed by atoms with Gasteiger partial charge in [-0.25, -0.2) is 0 Å². The summed E-state index contributed by atoms with van der Waals surface area (Å²) in [6.07, 6.45) is 3.69. The first kappa shape index (κ1) is 14.1. The van der Waals surface area contributed by atoms with Crippen molar-refractivity contribution in [2.45, 2.75) is 46.1 Å². The van der Waals surface area contributed by atoms with Crippen LogP contribution >= 0.6 is 0 Å². The van der Waals surface area contributed by atoms with E-state index in [2.05, 4.69) is 32.2 Å². The Balaban J connectivity index is 1.83. The Labute approximate surface area is 126 Å². The molecule has 1 amide bonds. The SMILES string of the molecule is CC12CCC(C1)C(C)(C)C2NC(=O)c1cccc(C#N)c1. The predicted molar refractivity (Wildman–Crippen MR) is 81.6 cm³/mol. The maximum Gasteiger partial charge on any atom is 0.251 e. The predicted octanol–water partition coefficient (Wildman–Crippen LogP) is 3.50. The van der Waals surface area contributed by atoms with Gasteiger partial charge in [0.15, 0.2) is 0 Å². The second kappa shape index (κ2) is 4.59. The highest BCUT2D eigenvalue weighted by Gasteiger charge is 2.59. The van der Waals surface area contributed by atoms with Gasteiger partial charge < -0.3 is 5.32 Å². The third kappa shape index (κ3) is 2.14. The first-order valence-electron chi connectivity index (χ1n) is 7.68. The zero-order valence-electron chi connectivity index (χ0n) is 12.9. The van der Waals surface area contributed by atoms with E-state index in [1.807, 2.05) is 0 Å². The number of benzene rings is 1. The number of carbonyl (C=O) groups is 1. The van der Waals surface area contributed by atoms with Crippen LogP contribution in [-0.4, -0.2) is 11.9 Å². The maximum absolute atomic E-state index is 12.6. The molecule has 3 rings (SSSR count). The summed E-state index contributed by atoms with van der Waals surface area (Å²) < 4.78 is 0. The maximum atomic E-state index is 12.6. The topological polar surface area (TPSA) is 52.9 Å². The van der Waals surface area contributed by atoms with E-state index in [4.69, 9.17) is 5.26 Å². The van der Waals surface area contributed by atoms with Crippen molar-refractivity contribution in [3.63, 3.8) is 0 Å². The molecule has 0 aliphatic heterocycles. The van der Waals surface area contributed by atoms with Crippen molar-refractivity contribution < 1.29 is 4.79 Å². The van der Waals surface area contributed by atoms with Crippen LogP contribution < -0.4 is 5.32 Å². The molecule has 3 heteroatoms. The summed E-state index contributed by atoms with van der Waals surface area (Å²) in [7, 11) is 0. The smallest absolute Gasteiger partial charge is 0.251 e. The highest BCUT2D eigenvalue weighted by atomic mass is 16.1. The van der Waals surface area contributed by atoms with Gasteiger partial charge >= 0.3 is 0 Å². The Morgan fingerprint density at radius 2 is 2.14 bits per heavy atom. The Bertz CT molecular complexity index is 624. The van der Waals surface area contributed by atoms with Crippen LogP contribution in [-0.2, 0) is 0 Å². The van der Waals surface area contributed by atoms with E-state index >= 15 is 0 Å². The van der Waals surface area contributed by atoms with Crippen molar-refractivity contribution in [3.05, 3.63) is 35.4 Å². The number of fused-ring (bicyclic) bond motifs is 2. The number of nitrogens with zero attached hydrogens (tertiary/aromatic N) is 1. The quantitative estimate of drug-likeness (QED) is 0.902. The highest BCUT2D eigenvalue weighted by molar-refractivity contribution is 5.94. The molecule has 3 atom stereocenters. The third-order valence-corrected chi connectivity index (χ3v) is 5.80. The summed E-state index contributed by atoms with van der Waals surface area (Å²) in [4.78, 5) is 12.6. The zero-order valence-corrected chi connectivity index (χ0v) is 12.9. The van der Waals surface area contributed by atoms with Crippen molar-refractivity contribution in [2.24, 2.45) is 16.7 Å². The van der Waals surface area contributed by atoms with Crippen LogP contribution in [0.3, 0.4) is 0 Å². The number of hydrogen-bond donors (Lipinski definition) is 1. The van der Waals surface area contributed by atoms with E-state index in [9.17, 15) is 4.79 Å². The molecule has 2 bridgehead atoms. The lowest BCUT2D eigenvalue weighted by Gasteiger charge is -2.43. The summed E-state index contributed by atoms with van der Waals surface area (Å²) in [5.74, 6) is 0.650. The fourth-order valence-corrected chi connectivity index (χ4v) is 4.61. The minimum atomic E-state index is -0.0565. The van der Waals surface area contributed by atoms with Gasteiger partial charge in [0.05, 0.1) is 11.6 Å². The monoisotopic (exact) mass is 282 g/mol. The highest BCUT2D eigenvalue weighted by Crippen LogP contribution is 2.62. The second-order valence-electron chi connectivity index (χ2n) is 7.51. The first-order chi connectivity index (χ1) is 9.87. The van der Waals surface area contributed by atoms with Crippen LogP contribution in [0.1, 0.15) is 56.0 Å². The number of carbonyl (C=O) groups excluding carboxylic acids is 1. The number of amides is 1. The average Bonchev–Trinajstić information content (AvgIpc) is 2.94. The Morgan fingerprint density at radius 3 is 2.76 bits per heavy atom. The first-order valence-corrected chi connectivity index (χ1v) is 7.68. The van der Waals surface area contributed by atoms with Gasteiger partial charge in [-0.3, -0.25) is 4.79 Å². The standard InChI is InChI=1S/C18H22N2O/c1-17(2)14-7-8-18(3,10-14)16(17)20-15(21)13-6-4-5-12(9-13)11-19/h4-6,9,14,16H,7-8,10H2,1-3H3,(H,20,21). The molecule has 110 valence electrons. The summed E-state index contributed by atoms with van der Waals surface area (Å²) in [5.41, 5.74) is 1.48. The molecule has 0 spiro atoms. The summed E-state index contributed by atoms with van der Waals surface area (Å²) in [5, 5.41) is 12.2. The van der Waals surface area contributed by atoms with E-state index in [0.29, 0.717) is 17.0 Å². The van der Waals surface area contributed by atoms with Crippen LogP contribution in [0.2, 0.25) is 0 Å². The van der Waals surface area contributed by atoms with E-state index in [1.165, 1.54) is 19.3 Å². The molecule has 1 N–H and O–H groups in total. The van der Waals surface area contributed by atoms with Crippen LogP contribution in [0.4, 0.5) is 0 Å². The van der Waals surface area contributed by atoms with Crippen molar-refractivity contribution in [2.75, 3.05) is 0 Å². The fourth-order valence-electron chi connectivity index (χ4n) is 4.61. The van der Waals surface area contributed by atoms with Gasteiger partial charge in [-0.05, 0) is 54.2 Å². The number of rotatable bonds is 2. The lowest BCUT2D eigenvalue weighted by Crippen LogP contribution is -2.52. The van der Waals surface area contributed by atoms with Crippen LogP contribution in [0.5, 0.6) is 0 Å². The summed E-state index contributed by atoms with van der Waals surface area (Å²) in [6, 6.07) is 9.22. The molecule has 2 aliphatic carbocycles. The van der Waals surface area contributed by atoms with Gasteiger partial charge in [0.25, 0.3) is 5.91 Å². The minimum absolute atomic E-state index is 0.0565. The number of nitriles is 1. The molecule has 2 aliphatic rings. The number of nitrogens with one attached hydrogen (secondary N) is 1. The van der Waals surface area contributed by atoms with Crippen molar-refractivity contribution in [1.29, 1.82) is 5.26 Å². The van der Waals surface area contributed by atoms with Crippen molar-refractivity contribution in [1.82, 2.24) is 5.32 Å². The molecule has 21 heavy (non-hydrogen) atoms. The average molecular weight is 282 g/mol. The van der Waals surface area contributed by atoms with Crippen LogP contribution in [0, 0.1) is 28.1 Å². The van der Waals surface area contributed by atoms with Crippen LogP contribution in [0.25, 0.3) is 0 Å². The van der Waals surface area contributed by atoms with Crippen molar-refractivity contribution in [3.8, 4) is 6.07 Å². The van der Waals surface area contributed by atoms with Gasteiger partial charge in [0.1, 0.15) is 0 Å². The largest absolute Gasteiger partial charge is 0.348 e. The fraction of sp³-hybridized carbons (Fsp3) is 0.556. The van der Waals surface area contributed by atoms with Gasteiger partial charge in [-0.2, -0.15) is 5.26 Å². The second-order valence-corrected chi connectivity index (χ2v) is 7.51. The van der Waals surface area contributed by atoms with E-state index in [-0.39, 0.29) is 22.8 Å². The molecule has 2 fully saturated rings. The van der Waals surface area contributed by atoms with Gasteiger partial charge in [0.2, 0.25) is 0 Å². The number of hydrogen-bond acceptors (Lipinski definition) is 2. The Hall–Kier alpha value is -1.82. The minimum Gasteiger partial charge on any atom is -0.348 e. The molecular formula is C18H22N2O. The Kier molecular flexibility index (Phi) is 3.09. The van der Waals surface area contributed by atoms with Gasteiger partial charge in [-0.1, -0.05) is 26.8 Å². The molecule has 0 saturated heterocycles. The lowest BCUT2D eigenvalue weighted by molar-refractivity contribution is 0.0737.